The Bertz CT molecular complexity index is 836. The lowest BCUT2D eigenvalue weighted by Gasteiger charge is -2.35. The van der Waals surface area contributed by atoms with Gasteiger partial charge >= 0.3 is 0 Å². The van der Waals surface area contributed by atoms with Crippen LogP contribution < -0.4 is 19.7 Å². The van der Waals surface area contributed by atoms with Gasteiger partial charge in [0.25, 0.3) is 0 Å². The number of carbonyl (C=O) groups excluding carboxylic acids is 1. The molecule has 6 nitrogen and oxygen atoms in total. The third kappa shape index (κ3) is 5.16. The highest BCUT2D eigenvalue weighted by Gasteiger charge is 2.16. The molecule has 1 saturated heterocycles. The van der Waals surface area contributed by atoms with Crippen LogP contribution in [0, 0.1) is 0 Å². The lowest BCUT2D eigenvalue weighted by Crippen LogP contribution is -2.46. The van der Waals surface area contributed by atoms with Gasteiger partial charge in [-0.05, 0) is 49.0 Å². The van der Waals surface area contributed by atoms with Gasteiger partial charge in [0.2, 0.25) is 5.91 Å². The molecule has 1 amide bonds. The van der Waals surface area contributed by atoms with Crippen LogP contribution in [-0.4, -0.2) is 62.5 Å². The number of nitrogens with zero attached hydrogens (tertiary/aromatic N) is 2. The SMILES string of the molecule is CCN1CCN(c2ccc(NC(=O)CSc3ccc4c(c3)OCCO4)cc2)CC1. The summed E-state index contributed by atoms with van der Waals surface area (Å²) in [6.45, 7) is 8.76. The van der Waals surface area contributed by atoms with Crippen molar-refractivity contribution in [2.24, 2.45) is 0 Å². The van der Waals surface area contributed by atoms with Gasteiger partial charge in [-0.1, -0.05) is 6.92 Å². The van der Waals surface area contributed by atoms with Crippen LogP contribution in [-0.2, 0) is 4.79 Å². The van der Waals surface area contributed by atoms with E-state index >= 15 is 0 Å². The second-order valence-electron chi connectivity index (χ2n) is 7.11. The zero-order valence-corrected chi connectivity index (χ0v) is 17.5. The molecule has 0 atom stereocenters. The molecule has 0 radical (unpaired) electrons. The molecule has 29 heavy (non-hydrogen) atoms. The molecular weight excluding hydrogens is 386 g/mol. The lowest BCUT2D eigenvalue weighted by molar-refractivity contribution is -0.113. The van der Waals surface area contributed by atoms with E-state index in [1.165, 1.54) is 17.4 Å². The monoisotopic (exact) mass is 413 g/mol. The number of piperazine rings is 1. The molecule has 0 saturated carbocycles. The fourth-order valence-electron chi connectivity index (χ4n) is 3.54. The summed E-state index contributed by atoms with van der Waals surface area (Å²) in [6.07, 6.45) is 0. The Morgan fingerprint density at radius 2 is 1.72 bits per heavy atom. The van der Waals surface area contributed by atoms with Gasteiger partial charge in [0.05, 0.1) is 5.75 Å². The average Bonchev–Trinajstić information content (AvgIpc) is 2.78. The van der Waals surface area contributed by atoms with Crippen LogP contribution in [0.2, 0.25) is 0 Å². The summed E-state index contributed by atoms with van der Waals surface area (Å²) in [6, 6.07) is 13.9. The molecule has 0 unspecified atom stereocenters. The Kier molecular flexibility index (Phi) is 6.46. The third-order valence-electron chi connectivity index (χ3n) is 5.22. The standard InChI is InChI=1S/C22H27N3O3S/c1-2-24-9-11-25(12-10-24)18-5-3-17(4-6-18)23-22(26)16-29-19-7-8-20-21(15-19)28-14-13-27-20/h3-8,15H,2,9-14,16H2,1H3,(H,23,26). The highest BCUT2D eigenvalue weighted by atomic mass is 32.2. The van der Waals surface area contributed by atoms with Crippen molar-refractivity contribution in [1.82, 2.24) is 4.90 Å². The van der Waals surface area contributed by atoms with Crippen LogP contribution in [0.5, 0.6) is 11.5 Å². The van der Waals surface area contributed by atoms with Crippen molar-refractivity contribution < 1.29 is 14.3 Å². The van der Waals surface area contributed by atoms with E-state index in [4.69, 9.17) is 9.47 Å². The molecule has 0 aromatic heterocycles. The maximum atomic E-state index is 12.3. The van der Waals surface area contributed by atoms with Gasteiger partial charge in [-0.3, -0.25) is 4.79 Å². The molecule has 2 aromatic carbocycles. The summed E-state index contributed by atoms with van der Waals surface area (Å²) in [4.78, 5) is 18.2. The van der Waals surface area contributed by atoms with E-state index in [0.717, 1.165) is 54.8 Å². The molecule has 1 N–H and O–H groups in total. The van der Waals surface area contributed by atoms with E-state index in [2.05, 4.69) is 34.2 Å². The maximum absolute atomic E-state index is 12.3. The number of thioether (sulfide) groups is 1. The Morgan fingerprint density at radius 3 is 2.45 bits per heavy atom. The molecule has 0 bridgehead atoms. The second-order valence-corrected chi connectivity index (χ2v) is 8.16. The minimum absolute atomic E-state index is 0.0193. The molecule has 154 valence electrons. The van der Waals surface area contributed by atoms with Crippen LogP contribution in [0.4, 0.5) is 11.4 Å². The van der Waals surface area contributed by atoms with E-state index in [0.29, 0.717) is 19.0 Å². The number of ether oxygens (including phenoxy) is 2. The Morgan fingerprint density at radius 1 is 1.00 bits per heavy atom. The van der Waals surface area contributed by atoms with Gasteiger partial charge in [0.15, 0.2) is 11.5 Å². The summed E-state index contributed by atoms with van der Waals surface area (Å²) in [5.41, 5.74) is 2.04. The van der Waals surface area contributed by atoms with E-state index in [9.17, 15) is 4.79 Å². The fraction of sp³-hybridized carbons (Fsp3) is 0.409. The van der Waals surface area contributed by atoms with Crippen molar-refractivity contribution in [3.8, 4) is 11.5 Å². The van der Waals surface area contributed by atoms with Gasteiger partial charge in [-0.2, -0.15) is 0 Å². The smallest absolute Gasteiger partial charge is 0.234 e. The number of hydrogen-bond donors (Lipinski definition) is 1. The predicted octanol–water partition coefficient (Wildman–Crippen LogP) is 3.33. The van der Waals surface area contributed by atoms with Gasteiger partial charge in [-0.25, -0.2) is 0 Å². The number of nitrogens with one attached hydrogen (secondary N) is 1. The molecular formula is C22H27N3O3S. The zero-order valence-electron chi connectivity index (χ0n) is 16.7. The van der Waals surface area contributed by atoms with Crippen LogP contribution in [0.25, 0.3) is 0 Å². The van der Waals surface area contributed by atoms with Crippen LogP contribution >= 0.6 is 11.8 Å². The quantitative estimate of drug-likeness (QED) is 0.733. The van der Waals surface area contributed by atoms with Crippen molar-refractivity contribution in [1.29, 1.82) is 0 Å². The van der Waals surface area contributed by atoms with E-state index in [-0.39, 0.29) is 5.91 Å². The van der Waals surface area contributed by atoms with Gasteiger partial charge < -0.3 is 24.6 Å². The summed E-state index contributed by atoms with van der Waals surface area (Å²) in [5, 5.41) is 2.98. The average molecular weight is 414 g/mol. The Labute approximate surface area is 176 Å². The normalized spacial score (nSPS) is 16.5. The first-order valence-corrected chi connectivity index (χ1v) is 11.1. The van der Waals surface area contributed by atoms with Crippen molar-refractivity contribution in [3.05, 3.63) is 42.5 Å². The van der Waals surface area contributed by atoms with Crippen molar-refractivity contribution in [3.63, 3.8) is 0 Å². The Hall–Kier alpha value is -2.38. The first-order chi connectivity index (χ1) is 14.2. The summed E-state index contributed by atoms with van der Waals surface area (Å²) >= 11 is 1.49. The van der Waals surface area contributed by atoms with Crippen molar-refractivity contribution in [2.75, 3.05) is 61.9 Å². The number of benzene rings is 2. The molecule has 0 spiro atoms. The summed E-state index contributed by atoms with van der Waals surface area (Å²) < 4.78 is 11.1. The summed E-state index contributed by atoms with van der Waals surface area (Å²) in [5.74, 6) is 1.84. The highest BCUT2D eigenvalue weighted by molar-refractivity contribution is 8.00. The number of rotatable bonds is 6. The van der Waals surface area contributed by atoms with E-state index in [1.54, 1.807) is 0 Å². The number of anilines is 2. The molecule has 0 aliphatic carbocycles. The first-order valence-electron chi connectivity index (χ1n) is 10.1. The number of amides is 1. The number of likely N-dealkylation sites (N-methyl/N-ethyl adjacent to an activating group) is 1. The van der Waals surface area contributed by atoms with Crippen LogP contribution in [0.15, 0.2) is 47.4 Å². The lowest BCUT2D eigenvalue weighted by atomic mass is 10.2. The van der Waals surface area contributed by atoms with Crippen molar-refractivity contribution in [2.45, 2.75) is 11.8 Å². The number of hydrogen-bond acceptors (Lipinski definition) is 6. The molecule has 2 aromatic rings. The topological polar surface area (TPSA) is 54.0 Å². The maximum Gasteiger partial charge on any atom is 0.234 e. The van der Waals surface area contributed by atoms with Gasteiger partial charge in [-0.15, -0.1) is 11.8 Å². The second kappa shape index (κ2) is 9.41. The number of fused-ring (bicyclic) bond motifs is 1. The first kappa shape index (κ1) is 19.9. The molecule has 2 heterocycles. The molecule has 1 fully saturated rings. The molecule has 4 rings (SSSR count). The highest BCUT2D eigenvalue weighted by Crippen LogP contribution is 2.34. The minimum atomic E-state index is -0.0193. The van der Waals surface area contributed by atoms with E-state index in [1.807, 2.05) is 30.3 Å². The number of carbonyl (C=O) groups is 1. The Balaban J connectivity index is 1.26. The fourth-order valence-corrected chi connectivity index (χ4v) is 4.26. The zero-order chi connectivity index (χ0) is 20.1. The van der Waals surface area contributed by atoms with Gasteiger partial charge in [0, 0.05) is 42.4 Å². The summed E-state index contributed by atoms with van der Waals surface area (Å²) in [7, 11) is 0. The largest absolute Gasteiger partial charge is 0.486 e. The van der Waals surface area contributed by atoms with Gasteiger partial charge in [0.1, 0.15) is 13.2 Å². The van der Waals surface area contributed by atoms with Crippen LogP contribution in [0.3, 0.4) is 0 Å². The molecule has 2 aliphatic rings. The molecule has 2 aliphatic heterocycles. The minimum Gasteiger partial charge on any atom is -0.486 e. The third-order valence-corrected chi connectivity index (χ3v) is 6.21. The van der Waals surface area contributed by atoms with E-state index < -0.39 is 0 Å². The van der Waals surface area contributed by atoms with Crippen molar-refractivity contribution >= 4 is 29.0 Å². The molecule has 7 heteroatoms. The van der Waals surface area contributed by atoms with Crippen LogP contribution in [0.1, 0.15) is 6.92 Å². The predicted molar refractivity (Wildman–Crippen MR) is 118 cm³/mol.